The molecule has 1 amide bonds. The maximum atomic E-state index is 12.3. The molecule has 0 aromatic carbocycles. The van der Waals surface area contributed by atoms with Crippen molar-refractivity contribution in [2.45, 2.75) is 38.5 Å². The first-order chi connectivity index (χ1) is 9.34. The average molecular weight is 279 g/mol. The number of hydrogen-bond donors (Lipinski definition) is 0. The Morgan fingerprint density at radius 3 is 2.32 bits per heavy atom. The summed E-state index contributed by atoms with van der Waals surface area (Å²) >= 11 is 1.62. The van der Waals surface area contributed by atoms with Crippen LogP contribution in [0.4, 0.5) is 5.13 Å². The normalized spacial score (nSPS) is 20.6. The quantitative estimate of drug-likeness (QED) is 0.835. The zero-order valence-electron chi connectivity index (χ0n) is 11.3. The molecule has 104 valence electrons. The molecule has 0 aliphatic carbocycles. The highest BCUT2D eigenvalue weighted by Crippen LogP contribution is 2.25. The topological polar surface area (TPSA) is 36.4 Å². The highest BCUT2D eigenvalue weighted by molar-refractivity contribution is 7.13. The lowest BCUT2D eigenvalue weighted by Crippen LogP contribution is -2.28. The Bertz CT molecular complexity index is 432. The van der Waals surface area contributed by atoms with Crippen LogP contribution in [-0.2, 0) is 0 Å². The second kappa shape index (κ2) is 5.90. The average Bonchev–Trinajstić information content (AvgIpc) is 3.05. The maximum absolute atomic E-state index is 12.3. The third-order valence-corrected chi connectivity index (χ3v) is 4.88. The van der Waals surface area contributed by atoms with Crippen molar-refractivity contribution in [3.8, 4) is 0 Å². The molecule has 0 spiro atoms. The summed E-state index contributed by atoms with van der Waals surface area (Å²) in [6, 6.07) is 0. The zero-order chi connectivity index (χ0) is 13.1. The Morgan fingerprint density at radius 2 is 1.63 bits per heavy atom. The molecule has 19 heavy (non-hydrogen) atoms. The van der Waals surface area contributed by atoms with Crippen LogP contribution in [0.25, 0.3) is 0 Å². The highest BCUT2D eigenvalue weighted by atomic mass is 32.1. The van der Waals surface area contributed by atoms with Crippen LogP contribution in [0.1, 0.15) is 49.0 Å². The summed E-state index contributed by atoms with van der Waals surface area (Å²) in [7, 11) is 0. The molecule has 1 aromatic heterocycles. The van der Waals surface area contributed by atoms with E-state index >= 15 is 0 Å². The van der Waals surface area contributed by atoms with Gasteiger partial charge in [0, 0.05) is 31.6 Å². The second-order valence-electron chi connectivity index (χ2n) is 5.42. The summed E-state index contributed by atoms with van der Waals surface area (Å²) in [4.78, 5) is 21.1. The number of rotatable bonds is 2. The number of carbonyl (C=O) groups is 1. The van der Waals surface area contributed by atoms with Crippen molar-refractivity contribution < 1.29 is 4.79 Å². The molecule has 2 fully saturated rings. The van der Waals surface area contributed by atoms with Crippen LogP contribution in [-0.4, -0.2) is 42.0 Å². The van der Waals surface area contributed by atoms with E-state index in [4.69, 9.17) is 0 Å². The van der Waals surface area contributed by atoms with E-state index < -0.39 is 0 Å². The molecule has 5 heteroatoms. The van der Waals surface area contributed by atoms with Gasteiger partial charge >= 0.3 is 0 Å². The largest absolute Gasteiger partial charge is 0.348 e. The summed E-state index contributed by atoms with van der Waals surface area (Å²) in [6.07, 6.45) is 7.40. The molecule has 2 aliphatic rings. The minimum atomic E-state index is 0.120. The van der Waals surface area contributed by atoms with Gasteiger partial charge in [-0.15, -0.1) is 11.3 Å². The van der Waals surface area contributed by atoms with Crippen molar-refractivity contribution in [3.05, 3.63) is 11.1 Å². The smallest absolute Gasteiger partial charge is 0.273 e. The molecule has 4 nitrogen and oxygen atoms in total. The summed E-state index contributed by atoms with van der Waals surface area (Å²) in [5.41, 5.74) is 0.645. The number of likely N-dealkylation sites (tertiary alicyclic amines) is 1. The molecule has 0 N–H and O–H groups in total. The van der Waals surface area contributed by atoms with Crippen LogP contribution in [0.5, 0.6) is 0 Å². The molecular formula is C14H21N3OS. The van der Waals surface area contributed by atoms with E-state index in [9.17, 15) is 4.79 Å². The van der Waals surface area contributed by atoms with Crippen molar-refractivity contribution in [2.24, 2.45) is 0 Å². The van der Waals surface area contributed by atoms with Gasteiger partial charge in [0.1, 0.15) is 5.69 Å². The van der Waals surface area contributed by atoms with E-state index in [1.165, 1.54) is 25.7 Å². The summed E-state index contributed by atoms with van der Waals surface area (Å²) in [5, 5.41) is 2.96. The maximum Gasteiger partial charge on any atom is 0.273 e. The Morgan fingerprint density at radius 1 is 1.00 bits per heavy atom. The number of amides is 1. The number of aromatic nitrogens is 1. The predicted octanol–water partition coefficient (Wildman–Crippen LogP) is 2.76. The van der Waals surface area contributed by atoms with E-state index in [0.717, 1.165) is 44.2 Å². The van der Waals surface area contributed by atoms with Crippen LogP contribution in [0.3, 0.4) is 0 Å². The number of thiazole rings is 1. The fourth-order valence-corrected chi connectivity index (χ4v) is 3.71. The molecule has 2 aliphatic heterocycles. The van der Waals surface area contributed by atoms with Gasteiger partial charge in [-0.3, -0.25) is 4.79 Å². The fraction of sp³-hybridized carbons (Fsp3) is 0.714. The van der Waals surface area contributed by atoms with Crippen LogP contribution in [0.2, 0.25) is 0 Å². The van der Waals surface area contributed by atoms with E-state index in [-0.39, 0.29) is 5.91 Å². The zero-order valence-corrected chi connectivity index (χ0v) is 12.1. The summed E-state index contributed by atoms with van der Waals surface area (Å²) < 4.78 is 0. The van der Waals surface area contributed by atoms with Crippen molar-refractivity contribution in [3.63, 3.8) is 0 Å². The minimum absolute atomic E-state index is 0.120. The summed E-state index contributed by atoms with van der Waals surface area (Å²) in [6.45, 7) is 3.97. The van der Waals surface area contributed by atoms with E-state index in [2.05, 4.69) is 9.88 Å². The lowest BCUT2D eigenvalue weighted by molar-refractivity contribution is 0.0788. The van der Waals surface area contributed by atoms with Gasteiger partial charge in [0.2, 0.25) is 0 Å². The van der Waals surface area contributed by atoms with Gasteiger partial charge < -0.3 is 9.80 Å². The van der Waals surface area contributed by atoms with Gasteiger partial charge in [0.05, 0.1) is 0 Å². The number of hydrogen-bond acceptors (Lipinski definition) is 4. The molecule has 0 unspecified atom stereocenters. The third kappa shape index (κ3) is 2.91. The van der Waals surface area contributed by atoms with Gasteiger partial charge in [-0.1, -0.05) is 12.8 Å². The number of nitrogens with zero attached hydrogens (tertiary/aromatic N) is 3. The van der Waals surface area contributed by atoms with Gasteiger partial charge in [-0.2, -0.15) is 0 Å². The molecule has 3 rings (SSSR count). The lowest BCUT2D eigenvalue weighted by Gasteiger charge is -2.18. The number of anilines is 1. The van der Waals surface area contributed by atoms with Crippen molar-refractivity contribution >= 4 is 22.4 Å². The Kier molecular flexibility index (Phi) is 4.01. The first-order valence-corrected chi connectivity index (χ1v) is 8.22. The Hall–Kier alpha value is -1.10. The van der Waals surface area contributed by atoms with Crippen LogP contribution in [0.15, 0.2) is 5.38 Å². The first-order valence-electron chi connectivity index (χ1n) is 7.34. The lowest BCUT2D eigenvalue weighted by atomic mass is 10.2. The van der Waals surface area contributed by atoms with Crippen molar-refractivity contribution in [1.29, 1.82) is 0 Å². The molecule has 2 saturated heterocycles. The molecule has 0 bridgehead atoms. The van der Waals surface area contributed by atoms with Gasteiger partial charge in [-0.25, -0.2) is 4.98 Å². The summed E-state index contributed by atoms with van der Waals surface area (Å²) in [5.74, 6) is 0.120. The van der Waals surface area contributed by atoms with Gasteiger partial charge in [0.15, 0.2) is 5.13 Å². The number of carbonyl (C=O) groups excluding carboxylic acids is 1. The van der Waals surface area contributed by atoms with E-state index in [1.807, 2.05) is 10.3 Å². The van der Waals surface area contributed by atoms with E-state index in [0.29, 0.717) is 5.69 Å². The standard InChI is InChI=1S/C14H21N3OS/c18-13(16-7-5-6-8-16)12-11-19-14(15-12)17-9-3-1-2-4-10-17/h11H,1-10H2. The Labute approximate surface area is 118 Å². The molecule has 0 atom stereocenters. The molecule has 0 saturated carbocycles. The highest BCUT2D eigenvalue weighted by Gasteiger charge is 2.23. The predicted molar refractivity (Wildman–Crippen MR) is 77.9 cm³/mol. The van der Waals surface area contributed by atoms with Crippen LogP contribution < -0.4 is 4.90 Å². The first kappa shape index (κ1) is 12.9. The van der Waals surface area contributed by atoms with E-state index in [1.54, 1.807) is 11.3 Å². The monoisotopic (exact) mass is 279 g/mol. The molecule has 3 heterocycles. The SMILES string of the molecule is O=C(c1csc(N2CCCCCC2)n1)N1CCCC1. The van der Waals surface area contributed by atoms with Gasteiger partial charge in [0.25, 0.3) is 5.91 Å². The molecular weight excluding hydrogens is 258 g/mol. The van der Waals surface area contributed by atoms with Crippen molar-refractivity contribution in [1.82, 2.24) is 9.88 Å². The van der Waals surface area contributed by atoms with Crippen LogP contribution in [0, 0.1) is 0 Å². The minimum Gasteiger partial charge on any atom is -0.348 e. The van der Waals surface area contributed by atoms with Crippen molar-refractivity contribution in [2.75, 3.05) is 31.1 Å². The Balaban J connectivity index is 1.69. The molecule has 1 aromatic rings. The molecule has 0 radical (unpaired) electrons. The fourth-order valence-electron chi connectivity index (χ4n) is 2.85. The second-order valence-corrected chi connectivity index (χ2v) is 6.25. The van der Waals surface area contributed by atoms with Crippen LogP contribution >= 0.6 is 11.3 Å². The van der Waals surface area contributed by atoms with Gasteiger partial charge in [-0.05, 0) is 25.7 Å². The third-order valence-electron chi connectivity index (χ3n) is 3.98.